The van der Waals surface area contributed by atoms with E-state index in [2.05, 4.69) is 16.8 Å². The summed E-state index contributed by atoms with van der Waals surface area (Å²) in [5.74, 6) is 0.881. The van der Waals surface area contributed by atoms with Crippen molar-refractivity contribution < 1.29 is 4.79 Å². The summed E-state index contributed by atoms with van der Waals surface area (Å²) in [5.41, 5.74) is 2.00. The van der Waals surface area contributed by atoms with Crippen LogP contribution in [0.4, 0.5) is 0 Å². The van der Waals surface area contributed by atoms with E-state index in [-0.39, 0.29) is 0 Å². The first-order chi connectivity index (χ1) is 7.36. The van der Waals surface area contributed by atoms with Crippen molar-refractivity contribution in [1.29, 1.82) is 0 Å². The summed E-state index contributed by atoms with van der Waals surface area (Å²) in [4.78, 5) is 10.6. The third-order valence-electron chi connectivity index (χ3n) is 3.08. The minimum atomic E-state index is 0.756. The van der Waals surface area contributed by atoms with E-state index in [4.69, 9.17) is 0 Å². The van der Waals surface area contributed by atoms with Crippen molar-refractivity contribution in [2.75, 3.05) is 0 Å². The van der Waals surface area contributed by atoms with Crippen molar-refractivity contribution in [2.24, 2.45) is 5.92 Å². The van der Waals surface area contributed by atoms with Crippen LogP contribution in [-0.4, -0.2) is 10.9 Å². The molecule has 1 saturated carbocycles. The summed E-state index contributed by atoms with van der Waals surface area (Å²) in [6.07, 6.45) is 5.76. The molecule has 0 spiro atoms. The molecule has 1 heterocycles. The fourth-order valence-electron chi connectivity index (χ4n) is 2.03. The van der Waals surface area contributed by atoms with Gasteiger partial charge in [0, 0.05) is 29.2 Å². The van der Waals surface area contributed by atoms with Crippen LogP contribution in [-0.2, 0) is 6.54 Å². The Hall–Kier alpha value is -1.57. The minimum Gasteiger partial charge on any atom is -0.347 e. The molecule has 2 nitrogen and oxygen atoms in total. The highest BCUT2D eigenvalue weighted by molar-refractivity contribution is 5.87. The number of aldehydes is 1. The summed E-state index contributed by atoms with van der Waals surface area (Å²) in [7, 11) is 0. The number of hydrogen-bond acceptors (Lipinski definition) is 1. The summed E-state index contributed by atoms with van der Waals surface area (Å²) in [6.45, 7) is 1.13. The first-order valence-electron chi connectivity index (χ1n) is 5.41. The van der Waals surface area contributed by atoms with E-state index in [1.54, 1.807) is 0 Å². The van der Waals surface area contributed by atoms with Crippen LogP contribution in [0, 0.1) is 5.92 Å². The smallest absolute Gasteiger partial charge is 0.150 e. The fraction of sp³-hybridized carbons (Fsp3) is 0.308. The molecular weight excluding hydrogens is 186 g/mol. The van der Waals surface area contributed by atoms with Gasteiger partial charge in [-0.2, -0.15) is 0 Å². The monoisotopic (exact) mass is 199 g/mol. The molecule has 0 bridgehead atoms. The van der Waals surface area contributed by atoms with Gasteiger partial charge in [0.2, 0.25) is 0 Å². The van der Waals surface area contributed by atoms with Gasteiger partial charge in [0.25, 0.3) is 0 Å². The molecule has 76 valence electrons. The molecule has 0 unspecified atom stereocenters. The third-order valence-corrected chi connectivity index (χ3v) is 3.08. The molecule has 1 fully saturated rings. The summed E-state index contributed by atoms with van der Waals surface area (Å²) in [5, 5.41) is 1.17. The maximum atomic E-state index is 10.6. The van der Waals surface area contributed by atoms with Gasteiger partial charge in [0.1, 0.15) is 6.29 Å². The van der Waals surface area contributed by atoms with Gasteiger partial charge in [-0.3, -0.25) is 4.79 Å². The Morgan fingerprint density at radius 2 is 2.20 bits per heavy atom. The Kier molecular flexibility index (Phi) is 1.88. The standard InChI is InChI=1S/C13H13NO/c15-9-11-3-4-13-12(7-11)5-6-14(13)8-10-1-2-10/h3-7,9-10H,1-2,8H2. The SMILES string of the molecule is O=Cc1ccc2c(ccn2CC2CC2)c1. The van der Waals surface area contributed by atoms with Gasteiger partial charge >= 0.3 is 0 Å². The molecule has 15 heavy (non-hydrogen) atoms. The minimum absolute atomic E-state index is 0.756. The second-order valence-corrected chi connectivity index (χ2v) is 4.35. The van der Waals surface area contributed by atoms with Crippen LogP contribution in [0.5, 0.6) is 0 Å². The molecule has 0 N–H and O–H groups in total. The molecule has 2 heteroatoms. The molecule has 1 aliphatic rings. The zero-order valence-electron chi connectivity index (χ0n) is 8.52. The van der Waals surface area contributed by atoms with Crippen LogP contribution in [0.2, 0.25) is 0 Å². The predicted molar refractivity (Wildman–Crippen MR) is 60.0 cm³/mol. The van der Waals surface area contributed by atoms with Crippen molar-refractivity contribution in [3.8, 4) is 0 Å². The predicted octanol–water partition coefficient (Wildman–Crippen LogP) is 2.86. The number of aromatic nitrogens is 1. The van der Waals surface area contributed by atoms with Crippen LogP contribution < -0.4 is 0 Å². The third kappa shape index (κ3) is 1.56. The number of benzene rings is 1. The van der Waals surface area contributed by atoms with Crippen LogP contribution in [0.3, 0.4) is 0 Å². The molecule has 0 radical (unpaired) electrons. The van der Waals surface area contributed by atoms with E-state index in [0.29, 0.717) is 0 Å². The summed E-state index contributed by atoms with van der Waals surface area (Å²) < 4.78 is 2.29. The van der Waals surface area contributed by atoms with Crippen molar-refractivity contribution in [1.82, 2.24) is 4.57 Å². The average Bonchev–Trinajstić information content (AvgIpc) is 2.99. The van der Waals surface area contributed by atoms with Crippen molar-refractivity contribution in [3.63, 3.8) is 0 Å². The summed E-state index contributed by atoms with van der Waals surface area (Å²) >= 11 is 0. The normalized spacial score (nSPS) is 15.7. The first-order valence-corrected chi connectivity index (χ1v) is 5.41. The van der Waals surface area contributed by atoms with E-state index in [1.807, 2.05) is 18.2 Å². The van der Waals surface area contributed by atoms with Crippen molar-refractivity contribution >= 4 is 17.2 Å². The highest BCUT2D eigenvalue weighted by Gasteiger charge is 2.21. The number of rotatable bonds is 3. The Balaban J connectivity index is 2.04. The molecular formula is C13H13NO. The van der Waals surface area contributed by atoms with Gasteiger partial charge in [-0.1, -0.05) is 0 Å². The topological polar surface area (TPSA) is 22.0 Å². The highest BCUT2D eigenvalue weighted by Crippen LogP contribution is 2.32. The molecule has 1 aromatic carbocycles. The number of hydrogen-bond donors (Lipinski definition) is 0. The molecule has 1 aliphatic carbocycles. The largest absolute Gasteiger partial charge is 0.347 e. The lowest BCUT2D eigenvalue weighted by Gasteiger charge is -2.03. The highest BCUT2D eigenvalue weighted by atomic mass is 16.1. The van der Waals surface area contributed by atoms with E-state index >= 15 is 0 Å². The zero-order valence-corrected chi connectivity index (χ0v) is 8.52. The van der Waals surface area contributed by atoms with E-state index in [1.165, 1.54) is 23.7 Å². The maximum absolute atomic E-state index is 10.6. The number of carbonyl (C=O) groups excluding carboxylic acids is 1. The van der Waals surface area contributed by atoms with Crippen molar-refractivity contribution in [2.45, 2.75) is 19.4 Å². The Labute approximate surface area is 88.5 Å². The molecule has 0 atom stereocenters. The Morgan fingerprint density at radius 3 is 2.93 bits per heavy atom. The van der Waals surface area contributed by atoms with E-state index < -0.39 is 0 Å². The van der Waals surface area contributed by atoms with E-state index in [0.717, 1.165) is 24.3 Å². The fourth-order valence-corrected chi connectivity index (χ4v) is 2.03. The average molecular weight is 199 g/mol. The lowest BCUT2D eigenvalue weighted by molar-refractivity contribution is 0.112. The Morgan fingerprint density at radius 1 is 1.33 bits per heavy atom. The summed E-state index contributed by atoms with van der Waals surface area (Å²) in [6, 6.07) is 7.97. The number of nitrogens with zero attached hydrogens (tertiary/aromatic N) is 1. The second kappa shape index (κ2) is 3.23. The van der Waals surface area contributed by atoms with Crippen molar-refractivity contribution in [3.05, 3.63) is 36.0 Å². The van der Waals surface area contributed by atoms with Gasteiger partial charge < -0.3 is 4.57 Å². The van der Waals surface area contributed by atoms with Crippen LogP contribution >= 0.6 is 0 Å². The van der Waals surface area contributed by atoms with Gasteiger partial charge in [0.15, 0.2) is 0 Å². The van der Waals surface area contributed by atoms with Gasteiger partial charge in [-0.05, 0) is 43.0 Å². The van der Waals surface area contributed by atoms with E-state index in [9.17, 15) is 4.79 Å². The zero-order chi connectivity index (χ0) is 10.3. The lowest BCUT2D eigenvalue weighted by Crippen LogP contribution is -1.97. The molecule has 1 aromatic heterocycles. The lowest BCUT2D eigenvalue weighted by atomic mass is 10.2. The van der Waals surface area contributed by atoms with Crippen LogP contribution in [0.25, 0.3) is 10.9 Å². The second-order valence-electron chi connectivity index (χ2n) is 4.35. The first kappa shape index (κ1) is 8.72. The maximum Gasteiger partial charge on any atom is 0.150 e. The van der Waals surface area contributed by atoms with Crippen LogP contribution in [0.15, 0.2) is 30.5 Å². The van der Waals surface area contributed by atoms with Crippen LogP contribution in [0.1, 0.15) is 23.2 Å². The molecule has 0 saturated heterocycles. The Bertz CT molecular complexity index is 508. The number of carbonyl (C=O) groups is 1. The molecule has 3 rings (SSSR count). The quantitative estimate of drug-likeness (QED) is 0.697. The van der Waals surface area contributed by atoms with Gasteiger partial charge in [0.05, 0.1) is 0 Å². The number of fused-ring (bicyclic) bond motifs is 1. The molecule has 0 aliphatic heterocycles. The van der Waals surface area contributed by atoms with Gasteiger partial charge in [-0.15, -0.1) is 0 Å². The van der Waals surface area contributed by atoms with Gasteiger partial charge in [-0.25, -0.2) is 0 Å². The molecule has 0 amide bonds. The molecule has 2 aromatic rings.